The number of aliphatic hydroxyl groups excluding tert-OH is 1. The maximum Gasteiger partial charge on any atom is 0.224 e. The van der Waals surface area contributed by atoms with Crippen LogP contribution >= 0.6 is 23.2 Å². The summed E-state index contributed by atoms with van der Waals surface area (Å²) in [6.07, 6.45) is 2.18. The Balaban J connectivity index is 1.66. The number of benzene rings is 2. The van der Waals surface area contributed by atoms with Gasteiger partial charge in [-0.2, -0.15) is 0 Å². The first-order valence-electron chi connectivity index (χ1n) is 8.50. The van der Waals surface area contributed by atoms with E-state index in [1.54, 1.807) is 6.07 Å². The number of nitrogens with one attached hydrogen (secondary N) is 1. The Morgan fingerprint density at radius 2 is 1.84 bits per heavy atom. The highest BCUT2D eigenvalue weighted by Crippen LogP contribution is 2.48. The van der Waals surface area contributed by atoms with Gasteiger partial charge >= 0.3 is 0 Å². The number of rotatable bonds is 7. The highest BCUT2D eigenvalue weighted by molar-refractivity contribution is 6.34. The van der Waals surface area contributed by atoms with Crippen molar-refractivity contribution < 1.29 is 9.90 Å². The number of carbonyl (C=O) groups is 1. The largest absolute Gasteiger partial charge is 0.396 e. The monoisotopic (exact) mass is 377 g/mol. The van der Waals surface area contributed by atoms with E-state index in [9.17, 15) is 4.79 Å². The van der Waals surface area contributed by atoms with E-state index < -0.39 is 0 Å². The predicted molar refractivity (Wildman–Crippen MR) is 101 cm³/mol. The molecule has 0 heterocycles. The molecule has 3 rings (SSSR count). The first-order valence-corrected chi connectivity index (χ1v) is 9.26. The standard InChI is InChI=1S/C20H21Cl2NO2/c21-15-9-14(10-16(22)11-15)17-12-18(17)20(25)23-19(7-4-8-24)13-5-2-1-3-6-13/h1-3,5-6,9-11,17-19,24H,4,7-8,12H2,(H,23,25)/t17-,18-,19+/m0/s1. The normalized spacial score (nSPS) is 20.1. The lowest BCUT2D eigenvalue weighted by Crippen LogP contribution is -2.30. The maximum absolute atomic E-state index is 12.7. The second-order valence-electron chi connectivity index (χ2n) is 6.49. The van der Waals surface area contributed by atoms with Crippen molar-refractivity contribution in [2.24, 2.45) is 5.92 Å². The lowest BCUT2D eigenvalue weighted by molar-refractivity contribution is -0.123. The molecule has 0 aliphatic heterocycles. The molecule has 132 valence electrons. The molecule has 1 aliphatic rings. The first-order chi connectivity index (χ1) is 12.1. The van der Waals surface area contributed by atoms with Crippen molar-refractivity contribution in [3.05, 3.63) is 69.7 Å². The highest BCUT2D eigenvalue weighted by Gasteiger charge is 2.44. The van der Waals surface area contributed by atoms with Crippen LogP contribution in [0.25, 0.3) is 0 Å². The van der Waals surface area contributed by atoms with Gasteiger partial charge in [-0.25, -0.2) is 0 Å². The third kappa shape index (κ3) is 4.75. The molecule has 3 nitrogen and oxygen atoms in total. The summed E-state index contributed by atoms with van der Waals surface area (Å²) in [5.74, 6) is 0.174. The molecule has 5 heteroatoms. The Bertz CT molecular complexity index is 715. The summed E-state index contributed by atoms with van der Waals surface area (Å²) in [5, 5.41) is 13.5. The zero-order chi connectivity index (χ0) is 17.8. The third-order valence-corrected chi connectivity index (χ3v) is 5.05. The van der Waals surface area contributed by atoms with Gasteiger partial charge in [0, 0.05) is 22.6 Å². The van der Waals surface area contributed by atoms with Gasteiger partial charge in [-0.1, -0.05) is 53.5 Å². The molecule has 1 fully saturated rings. The summed E-state index contributed by atoms with van der Waals surface area (Å²) in [6, 6.07) is 15.3. The molecule has 2 N–H and O–H groups in total. The fourth-order valence-electron chi connectivity index (χ4n) is 3.22. The maximum atomic E-state index is 12.7. The van der Waals surface area contributed by atoms with E-state index in [2.05, 4.69) is 5.32 Å². The van der Waals surface area contributed by atoms with Gasteiger partial charge < -0.3 is 10.4 Å². The first kappa shape index (κ1) is 18.2. The SMILES string of the molecule is O=C(N[C@H](CCCO)c1ccccc1)[C@H]1C[C@H]1c1cc(Cl)cc(Cl)c1. The van der Waals surface area contributed by atoms with Gasteiger partial charge in [-0.05, 0) is 54.5 Å². The van der Waals surface area contributed by atoms with Gasteiger partial charge in [0.1, 0.15) is 0 Å². The van der Waals surface area contributed by atoms with Crippen LogP contribution in [0.3, 0.4) is 0 Å². The van der Waals surface area contributed by atoms with E-state index >= 15 is 0 Å². The molecule has 1 amide bonds. The van der Waals surface area contributed by atoms with Crippen molar-refractivity contribution in [3.63, 3.8) is 0 Å². The molecular formula is C20H21Cl2NO2. The number of hydrogen-bond acceptors (Lipinski definition) is 2. The third-order valence-electron chi connectivity index (χ3n) is 4.61. The second kappa shape index (κ2) is 8.22. The van der Waals surface area contributed by atoms with Crippen LogP contribution in [-0.4, -0.2) is 17.6 Å². The molecule has 2 aromatic carbocycles. The van der Waals surface area contributed by atoms with Gasteiger partial charge in [-0.15, -0.1) is 0 Å². The smallest absolute Gasteiger partial charge is 0.224 e. The molecule has 0 radical (unpaired) electrons. The van der Waals surface area contributed by atoms with Crippen molar-refractivity contribution in [3.8, 4) is 0 Å². The van der Waals surface area contributed by atoms with Crippen molar-refractivity contribution in [1.82, 2.24) is 5.32 Å². The van der Waals surface area contributed by atoms with E-state index in [-0.39, 0.29) is 30.4 Å². The van der Waals surface area contributed by atoms with Crippen LogP contribution in [0.5, 0.6) is 0 Å². The van der Waals surface area contributed by atoms with Crippen LogP contribution < -0.4 is 5.32 Å². The van der Waals surface area contributed by atoms with Crippen molar-refractivity contribution in [2.45, 2.75) is 31.2 Å². The fourth-order valence-corrected chi connectivity index (χ4v) is 3.77. The second-order valence-corrected chi connectivity index (χ2v) is 7.36. The van der Waals surface area contributed by atoms with Crippen LogP contribution in [0.2, 0.25) is 10.0 Å². The van der Waals surface area contributed by atoms with Crippen LogP contribution in [0.1, 0.15) is 42.3 Å². The summed E-state index contributed by atoms with van der Waals surface area (Å²) in [5.41, 5.74) is 2.08. The van der Waals surface area contributed by atoms with Crippen LogP contribution in [0.4, 0.5) is 0 Å². The summed E-state index contributed by atoms with van der Waals surface area (Å²) in [7, 11) is 0. The zero-order valence-electron chi connectivity index (χ0n) is 13.8. The quantitative estimate of drug-likeness (QED) is 0.732. The minimum atomic E-state index is -0.0787. The minimum absolute atomic E-state index is 0.0464. The minimum Gasteiger partial charge on any atom is -0.396 e. The average Bonchev–Trinajstić information content (AvgIpc) is 3.39. The van der Waals surface area contributed by atoms with Crippen molar-refractivity contribution in [2.75, 3.05) is 6.61 Å². The molecule has 2 aromatic rings. The molecule has 0 saturated heterocycles. The van der Waals surface area contributed by atoms with Gasteiger partial charge in [-0.3, -0.25) is 4.79 Å². The van der Waals surface area contributed by atoms with Gasteiger partial charge in [0.2, 0.25) is 5.91 Å². The number of aliphatic hydroxyl groups is 1. The Hall–Kier alpha value is -1.55. The number of amides is 1. The molecule has 25 heavy (non-hydrogen) atoms. The summed E-state index contributed by atoms with van der Waals surface area (Å²) in [6.45, 7) is 0.117. The topological polar surface area (TPSA) is 49.3 Å². The van der Waals surface area contributed by atoms with Crippen LogP contribution in [-0.2, 0) is 4.79 Å². The summed E-state index contributed by atoms with van der Waals surface area (Å²) in [4.78, 5) is 12.7. The Morgan fingerprint density at radius 1 is 1.16 bits per heavy atom. The van der Waals surface area contributed by atoms with E-state index in [1.807, 2.05) is 42.5 Å². The molecular weight excluding hydrogens is 357 g/mol. The number of hydrogen-bond donors (Lipinski definition) is 2. The van der Waals surface area contributed by atoms with Crippen molar-refractivity contribution in [1.29, 1.82) is 0 Å². The fraction of sp³-hybridized carbons (Fsp3) is 0.350. The molecule has 1 aliphatic carbocycles. The molecule has 1 saturated carbocycles. The summed E-state index contributed by atoms with van der Waals surface area (Å²) < 4.78 is 0. The number of halogens is 2. The number of carbonyl (C=O) groups excluding carboxylic acids is 1. The van der Waals surface area contributed by atoms with Crippen molar-refractivity contribution >= 4 is 29.1 Å². The lowest BCUT2D eigenvalue weighted by atomic mass is 10.0. The van der Waals surface area contributed by atoms with E-state index in [0.717, 1.165) is 17.5 Å². The summed E-state index contributed by atoms with van der Waals surface area (Å²) >= 11 is 12.1. The Morgan fingerprint density at radius 3 is 2.48 bits per heavy atom. The molecule has 0 aromatic heterocycles. The Kier molecular flexibility index (Phi) is 6.00. The van der Waals surface area contributed by atoms with E-state index in [4.69, 9.17) is 28.3 Å². The molecule has 0 spiro atoms. The molecule has 0 bridgehead atoms. The zero-order valence-corrected chi connectivity index (χ0v) is 15.3. The van der Waals surface area contributed by atoms with E-state index in [1.165, 1.54) is 0 Å². The molecule has 0 unspecified atom stereocenters. The predicted octanol–water partition coefficient (Wildman–Crippen LogP) is 4.73. The van der Waals surface area contributed by atoms with Gasteiger partial charge in [0.05, 0.1) is 6.04 Å². The van der Waals surface area contributed by atoms with Gasteiger partial charge in [0.15, 0.2) is 0 Å². The van der Waals surface area contributed by atoms with Gasteiger partial charge in [0.25, 0.3) is 0 Å². The average molecular weight is 378 g/mol. The highest BCUT2D eigenvalue weighted by atomic mass is 35.5. The molecule has 3 atom stereocenters. The van der Waals surface area contributed by atoms with Crippen LogP contribution in [0, 0.1) is 5.92 Å². The van der Waals surface area contributed by atoms with Crippen LogP contribution in [0.15, 0.2) is 48.5 Å². The lowest BCUT2D eigenvalue weighted by Gasteiger charge is -2.19. The Labute approximate surface area is 158 Å². The van der Waals surface area contributed by atoms with E-state index in [0.29, 0.717) is 22.9 Å².